The number of nitrogens with zero attached hydrogens (tertiary/aromatic N) is 2. The minimum atomic E-state index is -0.398. The second-order valence-corrected chi connectivity index (χ2v) is 4.31. The Hall–Kier alpha value is -2.70. The van der Waals surface area contributed by atoms with Crippen molar-refractivity contribution in [1.29, 1.82) is 0 Å². The molecule has 0 aliphatic rings. The van der Waals surface area contributed by atoms with Crippen LogP contribution in [0.25, 0.3) is 0 Å². The fourth-order valence-electron chi connectivity index (χ4n) is 1.71. The first-order chi connectivity index (χ1) is 9.51. The van der Waals surface area contributed by atoms with Crippen molar-refractivity contribution in [2.75, 3.05) is 12.4 Å². The van der Waals surface area contributed by atoms with Gasteiger partial charge in [-0.05, 0) is 37.6 Å². The summed E-state index contributed by atoms with van der Waals surface area (Å²) in [5.74, 6) is 0.0832. The first-order valence-corrected chi connectivity index (χ1v) is 6.04. The molecule has 7 heteroatoms. The van der Waals surface area contributed by atoms with Gasteiger partial charge in [-0.2, -0.15) is 0 Å². The lowest BCUT2D eigenvalue weighted by Gasteiger charge is -2.08. The van der Waals surface area contributed by atoms with E-state index < -0.39 is 5.91 Å². The molecule has 3 N–H and O–H groups in total. The molecule has 1 aromatic heterocycles. The van der Waals surface area contributed by atoms with E-state index in [4.69, 9.17) is 0 Å². The van der Waals surface area contributed by atoms with E-state index in [2.05, 4.69) is 25.8 Å². The Morgan fingerprint density at radius 1 is 1.20 bits per heavy atom. The zero-order valence-electron chi connectivity index (χ0n) is 11.4. The minimum Gasteiger partial charge on any atom is -0.355 e. The Labute approximate surface area is 115 Å². The van der Waals surface area contributed by atoms with Gasteiger partial charge in [-0.25, -0.2) is 4.98 Å². The third-order valence-corrected chi connectivity index (χ3v) is 2.76. The number of carbonyl (C=O) groups excluding carboxylic acids is 2. The number of aryl methyl sites for hydroxylation is 2. The van der Waals surface area contributed by atoms with Crippen molar-refractivity contribution in [2.24, 2.45) is 0 Å². The van der Waals surface area contributed by atoms with Gasteiger partial charge in [0, 0.05) is 18.3 Å². The van der Waals surface area contributed by atoms with Crippen LogP contribution in [0.5, 0.6) is 0 Å². The summed E-state index contributed by atoms with van der Waals surface area (Å²) in [6.07, 6.45) is 0. The average Bonchev–Trinajstić information content (AvgIpc) is 2.86. The van der Waals surface area contributed by atoms with Gasteiger partial charge in [0.15, 0.2) is 0 Å². The Bertz CT molecular complexity index is 663. The second kappa shape index (κ2) is 5.52. The molecule has 2 amide bonds. The maximum absolute atomic E-state index is 11.9. The molecule has 0 aliphatic carbocycles. The number of aromatic nitrogens is 3. The van der Waals surface area contributed by atoms with Crippen molar-refractivity contribution in [2.45, 2.75) is 13.8 Å². The molecule has 0 bridgehead atoms. The molecule has 0 fully saturated rings. The summed E-state index contributed by atoms with van der Waals surface area (Å²) in [5.41, 5.74) is 1.94. The van der Waals surface area contributed by atoms with Crippen LogP contribution in [-0.4, -0.2) is 34.0 Å². The fourth-order valence-corrected chi connectivity index (χ4v) is 1.71. The summed E-state index contributed by atoms with van der Waals surface area (Å²) >= 11 is 0. The Morgan fingerprint density at radius 3 is 2.50 bits per heavy atom. The Morgan fingerprint density at radius 2 is 1.95 bits per heavy atom. The number of hydrogen-bond acceptors (Lipinski definition) is 4. The third-order valence-electron chi connectivity index (χ3n) is 2.76. The normalized spacial score (nSPS) is 10.2. The maximum atomic E-state index is 11.9. The summed E-state index contributed by atoms with van der Waals surface area (Å²) in [5, 5.41) is 11.7. The van der Waals surface area contributed by atoms with E-state index in [0.717, 1.165) is 5.56 Å². The van der Waals surface area contributed by atoms with Gasteiger partial charge in [-0.1, -0.05) is 0 Å². The highest BCUT2D eigenvalue weighted by Gasteiger charge is 2.13. The smallest absolute Gasteiger partial charge is 0.295 e. The molecule has 2 aromatic rings. The van der Waals surface area contributed by atoms with Crippen molar-refractivity contribution >= 4 is 17.5 Å². The second-order valence-electron chi connectivity index (χ2n) is 4.31. The van der Waals surface area contributed by atoms with Crippen molar-refractivity contribution in [3.05, 3.63) is 41.0 Å². The molecular formula is C13H15N5O2. The molecule has 0 aliphatic heterocycles. The summed E-state index contributed by atoms with van der Waals surface area (Å²) < 4.78 is 0. The fraction of sp³-hybridized carbons (Fsp3) is 0.231. The average molecular weight is 273 g/mol. The van der Waals surface area contributed by atoms with E-state index in [1.807, 2.05) is 6.92 Å². The number of carbonyl (C=O) groups is 2. The van der Waals surface area contributed by atoms with Gasteiger partial charge in [-0.15, -0.1) is 5.10 Å². The van der Waals surface area contributed by atoms with Crippen LogP contribution in [0.1, 0.15) is 32.4 Å². The lowest BCUT2D eigenvalue weighted by molar-refractivity contribution is 0.0962. The predicted octanol–water partition coefficient (Wildman–Crippen LogP) is 1.03. The van der Waals surface area contributed by atoms with Crippen LogP contribution in [0.3, 0.4) is 0 Å². The molecule has 20 heavy (non-hydrogen) atoms. The van der Waals surface area contributed by atoms with Gasteiger partial charge in [0.2, 0.25) is 5.82 Å². The van der Waals surface area contributed by atoms with E-state index in [9.17, 15) is 9.59 Å². The third kappa shape index (κ3) is 2.82. The lowest BCUT2D eigenvalue weighted by Crippen LogP contribution is -2.18. The largest absolute Gasteiger partial charge is 0.355 e. The Kier molecular flexibility index (Phi) is 3.79. The Balaban J connectivity index is 2.18. The summed E-state index contributed by atoms with van der Waals surface area (Å²) in [6.45, 7) is 3.53. The van der Waals surface area contributed by atoms with Crippen LogP contribution in [0.4, 0.5) is 5.69 Å². The van der Waals surface area contributed by atoms with Crippen molar-refractivity contribution in [3.63, 3.8) is 0 Å². The highest BCUT2D eigenvalue weighted by atomic mass is 16.2. The van der Waals surface area contributed by atoms with Gasteiger partial charge in [0.25, 0.3) is 11.8 Å². The number of hydrogen-bond donors (Lipinski definition) is 3. The zero-order valence-corrected chi connectivity index (χ0v) is 11.4. The molecule has 0 spiro atoms. The van der Waals surface area contributed by atoms with Crippen molar-refractivity contribution in [1.82, 2.24) is 20.5 Å². The summed E-state index contributed by atoms with van der Waals surface area (Å²) in [4.78, 5) is 27.4. The van der Waals surface area contributed by atoms with Gasteiger partial charge < -0.3 is 10.6 Å². The van der Waals surface area contributed by atoms with E-state index >= 15 is 0 Å². The van der Waals surface area contributed by atoms with Crippen LogP contribution in [0.2, 0.25) is 0 Å². The van der Waals surface area contributed by atoms with E-state index in [-0.39, 0.29) is 11.7 Å². The van der Waals surface area contributed by atoms with Crippen LogP contribution in [0, 0.1) is 13.8 Å². The standard InChI is InChI=1S/C13H15N5O2/c1-7-6-9(12(19)14-3)4-5-10(7)16-13(20)11-15-8(2)17-18-11/h4-6H,1-3H3,(H,14,19)(H,16,20)(H,15,17,18). The molecule has 1 heterocycles. The van der Waals surface area contributed by atoms with Gasteiger partial charge in [-0.3, -0.25) is 14.7 Å². The highest BCUT2D eigenvalue weighted by Crippen LogP contribution is 2.17. The lowest BCUT2D eigenvalue weighted by atomic mass is 10.1. The van der Waals surface area contributed by atoms with E-state index in [0.29, 0.717) is 17.1 Å². The van der Waals surface area contributed by atoms with Crippen LogP contribution < -0.4 is 10.6 Å². The highest BCUT2D eigenvalue weighted by molar-refractivity contribution is 6.02. The van der Waals surface area contributed by atoms with E-state index in [1.54, 1.807) is 32.2 Å². The number of rotatable bonds is 3. The SMILES string of the molecule is CNC(=O)c1ccc(NC(=O)c2n[nH]c(C)n2)c(C)c1. The molecule has 0 saturated heterocycles. The first-order valence-electron chi connectivity index (χ1n) is 6.04. The maximum Gasteiger partial charge on any atom is 0.295 e. The van der Waals surface area contributed by atoms with Gasteiger partial charge in [0.05, 0.1) is 0 Å². The number of H-pyrrole nitrogens is 1. The van der Waals surface area contributed by atoms with Crippen molar-refractivity contribution < 1.29 is 9.59 Å². The summed E-state index contributed by atoms with van der Waals surface area (Å²) in [7, 11) is 1.57. The molecule has 0 unspecified atom stereocenters. The van der Waals surface area contributed by atoms with Gasteiger partial charge in [0.1, 0.15) is 5.82 Å². The van der Waals surface area contributed by atoms with Crippen LogP contribution in [0.15, 0.2) is 18.2 Å². The summed E-state index contributed by atoms with van der Waals surface area (Å²) in [6, 6.07) is 5.03. The van der Waals surface area contributed by atoms with Crippen molar-refractivity contribution in [3.8, 4) is 0 Å². The molecular weight excluding hydrogens is 258 g/mol. The molecule has 0 radical (unpaired) electrons. The minimum absolute atomic E-state index is 0.0808. The van der Waals surface area contributed by atoms with Gasteiger partial charge >= 0.3 is 0 Å². The molecule has 7 nitrogen and oxygen atoms in total. The topological polar surface area (TPSA) is 99.8 Å². The number of amides is 2. The first kappa shape index (κ1) is 13.7. The monoisotopic (exact) mass is 273 g/mol. The number of aromatic amines is 1. The predicted molar refractivity (Wildman–Crippen MR) is 73.6 cm³/mol. The number of benzene rings is 1. The van der Waals surface area contributed by atoms with Crippen LogP contribution >= 0.6 is 0 Å². The molecule has 0 atom stereocenters. The molecule has 0 saturated carbocycles. The molecule has 1 aromatic carbocycles. The van der Waals surface area contributed by atoms with Crippen LogP contribution in [-0.2, 0) is 0 Å². The zero-order chi connectivity index (χ0) is 14.7. The number of nitrogens with one attached hydrogen (secondary N) is 3. The quantitative estimate of drug-likeness (QED) is 0.777. The molecule has 2 rings (SSSR count). The molecule has 104 valence electrons. The number of anilines is 1. The van der Waals surface area contributed by atoms with E-state index in [1.165, 1.54) is 0 Å².